The van der Waals surface area contributed by atoms with E-state index in [-0.39, 0.29) is 23.0 Å². The topological polar surface area (TPSA) is 26.3 Å². The summed E-state index contributed by atoms with van der Waals surface area (Å²) in [7, 11) is 0. The highest BCUT2D eigenvalue weighted by molar-refractivity contribution is 5.56. The molecule has 0 amide bonds. The van der Waals surface area contributed by atoms with E-state index in [4.69, 9.17) is 4.74 Å². The van der Waals surface area contributed by atoms with E-state index in [2.05, 4.69) is 55.4 Å². The van der Waals surface area contributed by atoms with Crippen LogP contribution in [0.15, 0.2) is 0 Å². The standard InChI is InChI=1S/C18H34O2/c1-12(17(3,4)5)14-9-15(11-19)20-16(10-14)13(2)18(6,7)8/h11-16H,9-10H2,1-8H3. The monoisotopic (exact) mass is 282 g/mol. The van der Waals surface area contributed by atoms with Gasteiger partial charge in [0.2, 0.25) is 0 Å². The maximum absolute atomic E-state index is 11.3. The predicted octanol–water partition coefficient (Wildman–Crippen LogP) is 4.71. The number of carbonyl (C=O) groups is 1. The van der Waals surface area contributed by atoms with Gasteiger partial charge in [0, 0.05) is 0 Å². The number of carbonyl (C=O) groups excluding carboxylic acids is 1. The van der Waals surface area contributed by atoms with Crippen LogP contribution >= 0.6 is 0 Å². The van der Waals surface area contributed by atoms with Crippen LogP contribution in [-0.2, 0) is 9.53 Å². The van der Waals surface area contributed by atoms with Gasteiger partial charge in [-0.2, -0.15) is 0 Å². The lowest BCUT2D eigenvalue weighted by atomic mass is 9.67. The van der Waals surface area contributed by atoms with Gasteiger partial charge in [-0.05, 0) is 41.4 Å². The molecule has 1 rings (SSSR count). The number of aldehydes is 1. The van der Waals surface area contributed by atoms with E-state index < -0.39 is 0 Å². The molecule has 0 aliphatic carbocycles. The van der Waals surface area contributed by atoms with E-state index in [1.54, 1.807) is 0 Å². The summed E-state index contributed by atoms with van der Waals surface area (Å²) in [6.45, 7) is 18.3. The molecule has 0 N–H and O–H groups in total. The number of rotatable bonds is 3. The SMILES string of the molecule is CC(C1CC(C=O)OC(C(C)C(C)(C)C)C1)C(C)(C)C. The molecule has 2 nitrogen and oxygen atoms in total. The zero-order valence-electron chi connectivity index (χ0n) is 14.7. The molecule has 0 aromatic rings. The van der Waals surface area contributed by atoms with Crippen molar-refractivity contribution in [3.05, 3.63) is 0 Å². The Bertz CT molecular complexity index is 293. The molecule has 118 valence electrons. The molecular weight excluding hydrogens is 248 g/mol. The highest BCUT2D eigenvalue weighted by atomic mass is 16.5. The Balaban J connectivity index is 2.87. The van der Waals surface area contributed by atoms with Crippen LogP contribution in [0.3, 0.4) is 0 Å². The Kier molecular flexibility index (Phi) is 5.46. The minimum atomic E-state index is -0.214. The van der Waals surface area contributed by atoms with Crippen LogP contribution in [0, 0.1) is 28.6 Å². The molecule has 0 spiro atoms. The maximum Gasteiger partial charge on any atom is 0.148 e. The normalized spacial score (nSPS) is 31.7. The van der Waals surface area contributed by atoms with Crippen molar-refractivity contribution in [3.63, 3.8) is 0 Å². The van der Waals surface area contributed by atoms with Crippen molar-refractivity contribution in [2.24, 2.45) is 28.6 Å². The zero-order valence-corrected chi connectivity index (χ0v) is 14.7. The highest BCUT2D eigenvalue weighted by Gasteiger charge is 2.40. The van der Waals surface area contributed by atoms with Gasteiger partial charge >= 0.3 is 0 Å². The van der Waals surface area contributed by atoms with Crippen molar-refractivity contribution in [3.8, 4) is 0 Å². The van der Waals surface area contributed by atoms with Gasteiger partial charge in [-0.15, -0.1) is 0 Å². The minimum Gasteiger partial charge on any atom is -0.367 e. The lowest BCUT2D eigenvalue weighted by molar-refractivity contribution is -0.145. The van der Waals surface area contributed by atoms with Crippen molar-refractivity contribution in [1.29, 1.82) is 0 Å². The lowest BCUT2D eigenvalue weighted by Crippen LogP contribution is -2.44. The smallest absolute Gasteiger partial charge is 0.148 e. The van der Waals surface area contributed by atoms with Gasteiger partial charge in [-0.25, -0.2) is 0 Å². The van der Waals surface area contributed by atoms with Crippen LogP contribution in [-0.4, -0.2) is 18.5 Å². The average molecular weight is 282 g/mol. The van der Waals surface area contributed by atoms with Crippen LogP contribution in [0.25, 0.3) is 0 Å². The number of hydrogen-bond acceptors (Lipinski definition) is 2. The molecule has 0 radical (unpaired) electrons. The van der Waals surface area contributed by atoms with E-state index in [0.29, 0.717) is 17.8 Å². The predicted molar refractivity (Wildman–Crippen MR) is 84.7 cm³/mol. The summed E-state index contributed by atoms with van der Waals surface area (Å²) in [6, 6.07) is 0. The molecule has 1 saturated heterocycles. The van der Waals surface area contributed by atoms with Gasteiger partial charge < -0.3 is 9.53 Å². The van der Waals surface area contributed by atoms with E-state index in [1.807, 2.05) is 0 Å². The van der Waals surface area contributed by atoms with E-state index >= 15 is 0 Å². The number of ether oxygens (including phenoxy) is 1. The Morgan fingerprint density at radius 3 is 1.85 bits per heavy atom. The maximum atomic E-state index is 11.3. The van der Waals surface area contributed by atoms with Crippen LogP contribution in [0.2, 0.25) is 0 Å². The summed E-state index contributed by atoms with van der Waals surface area (Å²) in [5.74, 6) is 1.64. The van der Waals surface area contributed by atoms with E-state index in [9.17, 15) is 4.79 Å². The molecule has 5 unspecified atom stereocenters. The molecule has 1 aliphatic rings. The number of hydrogen-bond donors (Lipinski definition) is 0. The van der Waals surface area contributed by atoms with E-state index in [1.165, 1.54) is 0 Å². The van der Waals surface area contributed by atoms with Crippen molar-refractivity contribution in [2.45, 2.75) is 80.4 Å². The van der Waals surface area contributed by atoms with Crippen LogP contribution < -0.4 is 0 Å². The second-order valence-electron chi connectivity index (χ2n) is 8.89. The lowest BCUT2D eigenvalue weighted by Gasteiger charge is -2.45. The summed E-state index contributed by atoms with van der Waals surface area (Å²) < 4.78 is 6.05. The van der Waals surface area contributed by atoms with Crippen molar-refractivity contribution >= 4 is 6.29 Å². The Morgan fingerprint density at radius 1 is 0.950 bits per heavy atom. The van der Waals surface area contributed by atoms with Crippen molar-refractivity contribution in [2.75, 3.05) is 0 Å². The molecular formula is C18H34O2. The van der Waals surface area contributed by atoms with Gasteiger partial charge in [0.15, 0.2) is 0 Å². The summed E-state index contributed by atoms with van der Waals surface area (Å²) in [5.41, 5.74) is 0.496. The Labute approximate surface area is 125 Å². The Hall–Kier alpha value is -0.370. The fraction of sp³-hybridized carbons (Fsp3) is 0.944. The molecule has 20 heavy (non-hydrogen) atoms. The van der Waals surface area contributed by atoms with Gasteiger partial charge in [-0.1, -0.05) is 55.4 Å². The minimum absolute atomic E-state index is 0.203. The van der Waals surface area contributed by atoms with Crippen LogP contribution in [0.5, 0.6) is 0 Å². The first kappa shape index (κ1) is 17.7. The molecule has 1 heterocycles. The molecule has 0 bridgehead atoms. The van der Waals surface area contributed by atoms with Crippen molar-refractivity contribution < 1.29 is 9.53 Å². The first-order chi connectivity index (χ1) is 8.96. The first-order valence-corrected chi connectivity index (χ1v) is 8.07. The van der Waals surface area contributed by atoms with Crippen molar-refractivity contribution in [1.82, 2.24) is 0 Å². The highest BCUT2D eigenvalue weighted by Crippen LogP contribution is 2.43. The third kappa shape index (κ3) is 4.31. The largest absolute Gasteiger partial charge is 0.367 e. The van der Waals surface area contributed by atoms with Gasteiger partial charge in [0.1, 0.15) is 12.4 Å². The van der Waals surface area contributed by atoms with Crippen LogP contribution in [0.1, 0.15) is 68.2 Å². The third-order valence-electron chi connectivity index (χ3n) is 5.57. The summed E-state index contributed by atoms with van der Waals surface area (Å²) >= 11 is 0. The Morgan fingerprint density at radius 2 is 1.45 bits per heavy atom. The molecule has 0 aromatic heterocycles. The van der Waals surface area contributed by atoms with Gasteiger partial charge in [0.05, 0.1) is 6.10 Å². The first-order valence-electron chi connectivity index (χ1n) is 8.07. The molecule has 2 heteroatoms. The fourth-order valence-electron chi connectivity index (χ4n) is 3.11. The quantitative estimate of drug-likeness (QED) is 0.700. The summed E-state index contributed by atoms with van der Waals surface area (Å²) in [5, 5.41) is 0. The molecule has 0 aromatic carbocycles. The van der Waals surface area contributed by atoms with Gasteiger partial charge in [0.25, 0.3) is 0 Å². The molecule has 1 aliphatic heterocycles. The van der Waals surface area contributed by atoms with E-state index in [0.717, 1.165) is 19.1 Å². The van der Waals surface area contributed by atoms with Gasteiger partial charge in [-0.3, -0.25) is 0 Å². The molecule has 1 fully saturated rings. The second kappa shape index (κ2) is 6.17. The fourth-order valence-corrected chi connectivity index (χ4v) is 3.11. The third-order valence-corrected chi connectivity index (χ3v) is 5.57. The average Bonchev–Trinajstić information content (AvgIpc) is 2.34. The molecule has 0 saturated carbocycles. The second-order valence-corrected chi connectivity index (χ2v) is 8.89. The zero-order chi connectivity index (χ0) is 15.7. The van der Waals surface area contributed by atoms with Crippen LogP contribution in [0.4, 0.5) is 0 Å². The molecule has 5 atom stereocenters. The summed E-state index contributed by atoms with van der Waals surface area (Å²) in [6.07, 6.45) is 2.96. The summed E-state index contributed by atoms with van der Waals surface area (Å²) in [4.78, 5) is 11.3.